The van der Waals surface area contributed by atoms with Crippen LogP contribution in [0.1, 0.15) is 16.8 Å². The molecule has 6 nitrogen and oxygen atoms in total. The highest BCUT2D eigenvalue weighted by Gasteiger charge is 2.29. The number of carbonyl (C=O) groups excluding carboxylic acids is 1. The Morgan fingerprint density at radius 1 is 0.906 bits per heavy atom. The molecule has 6 heteroatoms. The fourth-order valence-corrected chi connectivity index (χ4v) is 3.46. The first-order valence-corrected chi connectivity index (χ1v) is 10.1. The summed E-state index contributed by atoms with van der Waals surface area (Å²) < 4.78 is 10.9. The van der Waals surface area contributed by atoms with Crippen LogP contribution >= 0.6 is 0 Å². The van der Waals surface area contributed by atoms with Crippen LogP contribution in [-0.4, -0.2) is 21.8 Å². The minimum absolute atomic E-state index is 0.127. The summed E-state index contributed by atoms with van der Waals surface area (Å²) in [6.07, 6.45) is 1.45. The molecule has 4 aromatic rings. The van der Waals surface area contributed by atoms with Gasteiger partial charge < -0.3 is 14.3 Å². The van der Waals surface area contributed by atoms with Crippen LogP contribution in [0.2, 0.25) is 0 Å². The first kappa shape index (κ1) is 19.5. The Kier molecular flexibility index (Phi) is 5.09. The summed E-state index contributed by atoms with van der Waals surface area (Å²) in [7, 11) is 0. The molecule has 0 unspecified atom stereocenters. The van der Waals surface area contributed by atoms with Gasteiger partial charge in [-0.25, -0.2) is 9.78 Å². The van der Waals surface area contributed by atoms with E-state index in [1.54, 1.807) is 12.1 Å². The lowest BCUT2D eigenvalue weighted by molar-refractivity contribution is -0.129. The quantitative estimate of drug-likeness (QED) is 0.283. The molecule has 0 amide bonds. The van der Waals surface area contributed by atoms with E-state index in [4.69, 9.17) is 14.1 Å². The van der Waals surface area contributed by atoms with Crippen molar-refractivity contribution >= 4 is 17.8 Å². The van der Waals surface area contributed by atoms with Gasteiger partial charge in [0.15, 0.2) is 0 Å². The number of para-hydroxylation sites is 1. The van der Waals surface area contributed by atoms with Gasteiger partial charge in [0.25, 0.3) is 0 Å². The SMILES string of the molecule is O=C1Oc2ccccc2C(=NCc2ccccc2)/C1=C/c1nc(-c2ccccc2)oc1O. The largest absolute Gasteiger partial charge is 0.479 e. The standard InChI is InChI=1S/C26H18N2O4/c29-25-20(15-21-26(30)32-24(28-21)18-11-5-2-6-12-18)23(19-13-7-8-14-22(19)31-25)27-16-17-9-3-1-4-10-17/h1-15,30H,16H2/b20-15-,27-23?. The lowest BCUT2D eigenvalue weighted by atomic mass is 9.97. The Morgan fingerprint density at radius 3 is 2.38 bits per heavy atom. The molecule has 1 aromatic heterocycles. The van der Waals surface area contributed by atoms with Gasteiger partial charge in [-0.05, 0) is 35.9 Å². The van der Waals surface area contributed by atoms with Gasteiger partial charge in [0.05, 0.1) is 17.8 Å². The molecule has 0 spiro atoms. The number of hydrogen-bond donors (Lipinski definition) is 1. The van der Waals surface area contributed by atoms with Crippen molar-refractivity contribution in [2.75, 3.05) is 0 Å². The lowest BCUT2D eigenvalue weighted by Gasteiger charge is -2.20. The van der Waals surface area contributed by atoms with Crippen LogP contribution in [0.25, 0.3) is 17.5 Å². The maximum absolute atomic E-state index is 12.9. The van der Waals surface area contributed by atoms with Crippen molar-refractivity contribution < 1.29 is 19.1 Å². The second-order valence-electron chi connectivity index (χ2n) is 7.17. The van der Waals surface area contributed by atoms with Gasteiger partial charge in [-0.2, -0.15) is 0 Å². The van der Waals surface area contributed by atoms with Crippen LogP contribution in [0.3, 0.4) is 0 Å². The molecule has 1 aliphatic rings. The molecule has 1 aliphatic heterocycles. The summed E-state index contributed by atoms with van der Waals surface area (Å²) in [4.78, 5) is 21.9. The number of ether oxygens (including phenoxy) is 1. The number of nitrogens with zero attached hydrogens (tertiary/aromatic N) is 2. The summed E-state index contributed by atoms with van der Waals surface area (Å²) in [6, 6.07) is 26.2. The van der Waals surface area contributed by atoms with Crippen molar-refractivity contribution in [3.8, 4) is 23.1 Å². The highest BCUT2D eigenvalue weighted by molar-refractivity contribution is 6.32. The molecule has 0 saturated heterocycles. The summed E-state index contributed by atoms with van der Waals surface area (Å²) >= 11 is 0. The lowest BCUT2D eigenvalue weighted by Crippen LogP contribution is -2.26. The number of aromatic hydroxyl groups is 1. The molecule has 0 fully saturated rings. The number of hydrogen-bond acceptors (Lipinski definition) is 6. The van der Waals surface area contributed by atoms with Gasteiger partial charge in [-0.15, -0.1) is 0 Å². The van der Waals surface area contributed by atoms with Crippen LogP contribution in [0.4, 0.5) is 0 Å². The van der Waals surface area contributed by atoms with Gasteiger partial charge in [0, 0.05) is 11.1 Å². The summed E-state index contributed by atoms with van der Waals surface area (Å²) in [5.74, 6) is -0.261. The van der Waals surface area contributed by atoms with Gasteiger partial charge in [0.1, 0.15) is 11.4 Å². The van der Waals surface area contributed by atoms with E-state index in [-0.39, 0.29) is 23.1 Å². The number of benzene rings is 3. The predicted octanol–water partition coefficient (Wildman–Crippen LogP) is 5.04. The Hall–Kier alpha value is -4.45. The van der Waals surface area contributed by atoms with Gasteiger partial charge >= 0.3 is 11.9 Å². The molecule has 0 saturated carbocycles. The Bertz CT molecular complexity index is 1340. The number of aliphatic imine (C=N–C) groups is 1. The van der Waals surface area contributed by atoms with E-state index in [0.29, 0.717) is 29.1 Å². The van der Waals surface area contributed by atoms with Gasteiger partial charge in [0.2, 0.25) is 5.89 Å². The predicted molar refractivity (Wildman–Crippen MR) is 120 cm³/mol. The molecule has 156 valence electrons. The smallest absolute Gasteiger partial charge is 0.345 e. The molecule has 1 N–H and O–H groups in total. The first-order chi connectivity index (χ1) is 15.7. The number of esters is 1. The van der Waals surface area contributed by atoms with Crippen LogP contribution in [0.15, 0.2) is 99.9 Å². The van der Waals surface area contributed by atoms with Gasteiger partial charge in [-0.3, -0.25) is 4.99 Å². The average molecular weight is 422 g/mol. The second kappa shape index (κ2) is 8.35. The number of carbonyl (C=O) groups is 1. The van der Waals surface area contributed by atoms with Gasteiger partial charge in [-0.1, -0.05) is 60.7 Å². The highest BCUT2D eigenvalue weighted by atomic mass is 16.5. The third-order valence-corrected chi connectivity index (χ3v) is 5.02. The molecular weight excluding hydrogens is 404 g/mol. The van der Waals surface area contributed by atoms with Crippen LogP contribution < -0.4 is 4.74 Å². The van der Waals surface area contributed by atoms with Crippen LogP contribution in [0, 0.1) is 0 Å². The van der Waals surface area contributed by atoms with Crippen molar-refractivity contribution in [3.63, 3.8) is 0 Å². The number of aromatic nitrogens is 1. The van der Waals surface area contributed by atoms with E-state index in [9.17, 15) is 9.90 Å². The van der Waals surface area contributed by atoms with E-state index in [1.807, 2.05) is 72.8 Å². The first-order valence-electron chi connectivity index (χ1n) is 10.1. The molecule has 32 heavy (non-hydrogen) atoms. The molecule has 5 rings (SSSR count). The Balaban J connectivity index is 1.59. The third-order valence-electron chi connectivity index (χ3n) is 5.02. The van der Waals surface area contributed by atoms with Crippen molar-refractivity contribution in [3.05, 3.63) is 107 Å². The normalized spacial score (nSPS) is 15.6. The van der Waals surface area contributed by atoms with E-state index < -0.39 is 5.97 Å². The van der Waals surface area contributed by atoms with Crippen molar-refractivity contribution in [2.45, 2.75) is 6.54 Å². The summed E-state index contributed by atoms with van der Waals surface area (Å²) in [5, 5.41) is 10.3. The molecule has 0 radical (unpaired) electrons. The van der Waals surface area contributed by atoms with Crippen molar-refractivity contribution in [1.82, 2.24) is 4.98 Å². The van der Waals surface area contributed by atoms with E-state index >= 15 is 0 Å². The van der Waals surface area contributed by atoms with Crippen molar-refractivity contribution in [1.29, 1.82) is 0 Å². The number of oxazole rings is 1. The summed E-state index contributed by atoms with van der Waals surface area (Å²) in [5.41, 5.74) is 3.21. The van der Waals surface area contributed by atoms with Crippen molar-refractivity contribution in [2.24, 2.45) is 4.99 Å². The van der Waals surface area contributed by atoms with E-state index in [2.05, 4.69) is 4.98 Å². The maximum Gasteiger partial charge on any atom is 0.345 e. The zero-order valence-electron chi connectivity index (χ0n) is 16.9. The van der Waals surface area contributed by atoms with E-state index in [0.717, 1.165) is 5.56 Å². The molecule has 0 bridgehead atoms. The molecule has 2 heterocycles. The number of rotatable bonds is 4. The highest BCUT2D eigenvalue weighted by Crippen LogP contribution is 2.32. The molecule has 0 aliphatic carbocycles. The monoisotopic (exact) mass is 422 g/mol. The minimum atomic E-state index is -0.570. The number of fused-ring (bicyclic) bond motifs is 1. The summed E-state index contributed by atoms with van der Waals surface area (Å²) in [6.45, 7) is 0.384. The second-order valence-corrected chi connectivity index (χ2v) is 7.17. The zero-order valence-corrected chi connectivity index (χ0v) is 16.9. The fourth-order valence-electron chi connectivity index (χ4n) is 3.46. The van der Waals surface area contributed by atoms with Crippen LogP contribution in [-0.2, 0) is 11.3 Å². The Labute approximate surface area is 184 Å². The zero-order chi connectivity index (χ0) is 21.9. The van der Waals surface area contributed by atoms with E-state index in [1.165, 1.54) is 6.08 Å². The Morgan fingerprint density at radius 2 is 1.59 bits per heavy atom. The fraction of sp³-hybridized carbons (Fsp3) is 0.0385. The molecular formula is C26H18N2O4. The minimum Gasteiger partial charge on any atom is -0.479 e. The average Bonchev–Trinajstić information content (AvgIpc) is 3.20. The molecule has 3 aromatic carbocycles. The topological polar surface area (TPSA) is 84.9 Å². The third kappa shape index (κ3) is 3.81. The maximum atomic E-state index is 12.9. The van der Waals surface area contributed by atoms with Crippen LogP contribution in [0.5, 0.6) is 11.7 Å². The molecule has 0 atom stereocenters.